The van der Waals surface area contributed by atoms with Gasteiger partial charge in [-0.25, -0.2) is 4.79 Å². The Balaban J connectivity index is 1.70. The highest BCUT2D eigenvalue weighted by molar-refractivity contribution is 6.31. The lowest BCUT2D eigenvalue weighted by Gasteiger charge is -2.12. The van der Waals surface area contributed by atoms with Gasteiger partial charge in [0.25, 0.3) is 0 Å². The fraction of sp³-hybridized carbons (Fsp3) is 0.190. The minimum atomic E-state index is -0.250. The summed E-state index contributed by atoms with van der Waals surface area (Å²) in [5.41, 5.74) is 6.03. The predicted molar refractivity (Wildman–Crippen MR) is 107 cm³/mol. The van der Waals surface area contributed by atoms with Gasteiger partial charge in [0.1, 0.15) is 0 Å². The van der Waals surface area contributed by atoms with Gasteiger partial charge in [-0.05, 0) is 62.2 Å². The van der Waals surface area contributed by atoms with Gasteiger partial charge < -0.3 is 15.2 Å². The van der Waals surface area contributed by atoms with Gasteiger partial charge in [0, 0.05) is 34.3 Å². The molecule has 1 aromatic heterocycles. The van der Waals surface area contributed by atoms with E-state index in [1.807, 2.05) is 37.3 Å². The molecule has 5 heteroatoms. The van der Waals surface area contributed by atoms with Crippen LogP contribution in [0.15, 0.2) is 54.6 Å². The molecule has 0 atom stereocenters. The van der Waals surface area contributed by atoms with Gasteiger partial charge in [0.15, 0.2) is 0 Å². The van der Waals surface area contributed by atoms with Gasteiger partial charge in [-0.3, -0.25) is 0 Å². The molecule has 0 saturated heterocycles. The summed E-state index contributed by atoms with van der Waals surface area (Å²) in [6.07, 6.45) is 0. The van der Waals surface area contributed by atoms with Crippen LogP contribution < -0.4 is 10.6 Å². The van der Waals surface area contributed by atoms with Crippen LogP contribution >= 0.6 is 11.6 Å². The summed E-state index contributed by atoms with van der Waals surface area (Å²) >= 11 is 6.09. The van der Waals surface area contributed by atoms with Crippen LogP contribution in [0.3, 0.4) is 0 Å². The summed E-state index contributed by atoms with van der Waals surface area (Å²) < 4.78 is 2.19. The Hall–Kier alpha value is -2.72. The molecular weight excluding hydrogens is 346 g/mol. The number of nitrogens with zero attached hydrogens (tertiary/aromatic N) is 1. The molecule has 26 heavy (non-hydrogen) atoms. The van der Waals surface area contributed by atoms with E-state index in [9.17, 15) is 4.79 Å². The van der Waals surface area contributed by atoms with Crippen molar-refractivity contribution in [2.24, 2.45) is 0 Å². The Morgan fingerprint density at radius 1 is 1.04 bits per heavy atom. The van der Waals surface area contributed by atoms with Gasteiger partial charge >= 0.3 is 6.03 Å². The number of para-hydroxylation sites is 1. The van der Waals surface area contributed by atoms with Crippen LogP contribution in [0.1, 0.15) is 22.5 Å². The number of benzene rings is 2. The SMILES string of the molecule is Cc1c(Cl)cccc1NC(=O)NCc1cc(C)n(-c2ccccc2)c1C. The maximum absolute atomic E-state index is 12.3. The summed E-state index contributed by atoms with van der Waals surface area (Å²) in [6.45, 7) is 6.47. The zero-order valence-corrected chi connectivity index (χ0v) is 15.9. The number of anilines is 1. The second kappa shape index (κ2) is 7.67. The molecule has 3 rings (SSSR count). The van der Waals surface area contributed by atoms with Crippen molar-refractivity contribution < 1.29 is 4.79 Å². The van der Waals surface area contributed by atoms with Gasteiger partial charge in [-0.2, -0.15) is 0 Å². The second-order valence-corrected chi connectivity index (χ2v) is 6.69. The molecule has 1 heterocycles. The van der Waals surface area contributed by atoms with Crippen LogP contribution in [-0.4, -0.2) is 10.6 Å². The number of amides is 2. The molecule has 0 fully saturated rings. The number of halogens is 1. The number of hydrogen-bond donors (Lipinski definition) is 2. The van der Waals surface area contributed by atoms with Crippen molar-refractivity contribution in [1.82, 2.24) is 9.88 Å². The quantitative estimate of drug-likeness (QED) is 0.639. The first-order valence-corrected chi connectivity index (χ1v) is 8.88. The highest BCUT2D eigenvalue weighted by Crippen LogP contribution is 2.23. The summed E-state index contributed by atoms with van der Waals surface area (Å²) in [4.78, 5) is 12.3. The minimum Gasteiger partial charge on any atom is -0.334 e. The topological polar surface area (TPSA) is 46.1 Å². The number of aromatic nitrogens is 1. The molecule has 0 radical (unpaired) electrons. The lowest BCUT2D eigenvalue weighted by molar-refractivity contribution is 0.251. The Kier molecular flexibility index (Phi) is 5.33. The normalized spacial score (nSPS) is 10.6. The summed E-state index contributed by atoms with van der Waals surface area (Å²) in [7, 11) is 0. The van der Waals surface area contributed by atoms with Crippen LogP contribution in [0.2, 0.25) is 5.02 Å². The van der Waals surface area contributed by atoms with E-state index in [4.69, 9.17) is 11.6 Å². The van der Waals surface area contributed by atoms with Crippen LogP contribution in [0.5, 0.6) is 0 Å². The fourth-order valence-corrected chi connectivity index (χ4v) is 3.24. The molecule has 4 nitrogen and oxygen atoms in total. The first kappa shape index (κ1) is 18.1. The van der Waals surface area contributed by atoms with Crippen LogP contribution in [0, 0.1) is 20.8 Å². The molecule has 0 aliphatic rings. The second-order valence-electron chi connectivity index (χ2n) is 6.29. The lowest BCUT2D eigenvalue weighted by Crippen LogP contribution is -2.28. The van der Waals surface area contributed by atoms with Crippen molar-refractivity contribution in [3.8, 4) is 5.69 Å². The largest absolute Gasteiger partial charge is 0.334 e. The van der Waals surface area contributed by atoms with Crippen molar-refractivity contribution >= 4 is 23.3 Å². The number of hydrogen-bond acceptors (Lipinski definition) is 1. The summed E-state index contributed by atoms with van der Waals surface area (Å²) in [6, 6.07) is 17.5. The molecular formula is C21H22ClN3O. The average Bonchev–Trinajstić information content (AvgIpc) is 2.91. The highest BCUT2D eigenvalue weighted by atomic mass is 35.5. The van der Waals surface area contributed by atoms with Gasteiger partial charge in [0.2, 0.25) is 0 Å². The van der Waals surface area contributed by atoms with Crippen molar-refractivity contribution in [1.29, 1.82) is 0 Å². The first-order valence-electron chi connectivity index (χ1n) is 8.50. The van der Waals surface area contributed by atoms with E-state index in [2.05, 4.69) is 47.2 Å². The molecule has 0 aliphatic heterocycles. The first-order chi connectivity index (χ1) is 12.5. The number of aryl methyl sites for hydroxylation is 1. The molecule has 3 aromatic rings. The van der Waals surface area contributed by atoms with Crippen molar-refractivity contribution in [2.75, 3.05) is 5.32 Å². The maximum atomic E-state index is 12.3. The number of rotatable bonds is 4. The molecule has 0 saturated carbocycles. The van der Waals surface area contributed by atoms with E-state index < -0.39 is 0 Å². The van der Waals surface area contributed by atoms with Gasteiger partial charge in [0.05, 0.1) is 0 Å². The third kappa shape index (κ3) is 3.75. The molecule has 2 N–H and O–H groups in total. The van der Waals surface area contributed by atoms with Crippen molar-refractivity contribution in [3.63, 3.8) is 0 Å². The van der Waals surface area contributed by atoms with E-state index in [-0.39, 0.29) is 6.03 Å². The lowest BCUT2D eigenvalue weighted by atomic mass is 10.2. The van der Waals surface area contributed by atoms with Gasteiger partial charge in [-0.1, -0.05) is 35.9 Å². The zero-order valence-electron chi connectivity index (χ0n) is 15.1. The molecule has 2 amide bonds. The summed E-state index contributed by atoms with van der Waals surface area (Å²) in [5.74, 6) is 0. The Bertz CT molecular complexity index is 932. The third-order valence-corrected chi connectivity index (χ3v) is 4.92. The smallest absolute Gasteiger partial charge is 0.319 e. The van der Waals surface area contributed by atoms with E-state index >= 15 is 0 Å². The Morgan fingerprint density at radius 2 is 1.77 bits per heavy atom. The Labute approximate surface area is 158 Å². The minimum absolute atomic E-state index is 0.250. The van der Waals surface area contributed by atoms with E-state index in [0.29, 0.717) is 17.3 Å². The number of nitrogens with one attached hydrogen (secondary N) is 2. The molecule has 0 unspecified atom stereocenters. The van der Waals surface area contributed by atoms with Crippen LogP contribution in [0.25, 0.3) is 5.69 Å². The number of carbonyl (C=O) groups excluding carboxylic acids is 1. The van der Waals surface area contributed by atoms with E-state index in [0.717, 1.165) is 28.2 Å². The fourth-order valence-electron chi connectivity index (χ4n) is 3.07. The third-order valence-electron chi connectivity index (χ3n) is 4.51. The average molecular weight is 368 g/mol. The highest BCUT2D eigenvalue weighted by Gasteiger charge is 2.12. The van der Waals surface area contributed by atoms with Crippen molar-refractivity contribution in [2.45, 2.75) is 27.3 Å². The molecule has 134 valence electrons. The molecule has 0 spiro atoms. The molecule has 2 aromatic carbocycles. The zero-order chi connectivity index (χ0) is 18.7. The molecule has 0 bridgehead atoms. The van der Waals surface area contributed by atoms with Crippen LogP contribution in [0.4, 0.5) is 10.5 Å². The monoisotopic (exact) mass is 367 g/mol. The van der Waals surface area contributed by atoms with Crippen LogP contribution in [-0.2, 0) is 6.54 Å². The van der Waals surface area contributed by atoms with Gasteiger partial charge in [-0.15, -0.1) is 0 Å². The predicted octanol–water partition coefficient (Wildman–Crippen LogP) is 5.38. The maximum Gasteiger partial charge on any atom is 0.319 e. The summed E-state index contributed by atoms with van der Waals surface area (Å²) in [5, 5.41) is 6.41. The Morgan fingerprint density at radius 3 is 2.50 bits per heavy atom. The van der Waals surface area contributed by atoms with E-state index in [1.54, 1.807) is 6.07 Å². The van der Waals surface area contributed by atoms with E-state index in [1.165, 1.54) is 0 Å². The number of carbonyl (C=O) groups is 1. The number of urea groups is 1. The molecule has 0 aliphatic carbocycles. The van der Waals surface area contributed by atoms with Crippen molar-refractivity contribution in [3.05, 3.63) is 82.1 Å². The standard InChI is InChI=1S/C21H22ClN3O/c1-14-12-17(16(3)25(14)18-8-5-4-6-9-18)13-23-21(26)24-20-11-7-10-19(22)15(20)2/h4-12H,13H2,1-3H3,(H2,23,24,26).